The van der Waals surface area contributed by atoms with Gasteiger partial charge in [0.1, 0.15) is 0 Å². The van der Waals surface area contributed by atoms with Gasteiger partial charge in [-0.2, -0.15) is 0 Å². The van der Waals surface area contributed by atoms with E-state index in [0.29, 0.717) is 17.1 Å². The second-order valence-electron chi connectivity index (χ2n) is 6.63. The molecule has 0 fully saturated rings. The number of fused-ring (bicyclic) bond motifs is 1. The Labute approximate surface area is 180 Å². The molecule has 0 saturated heterocycles. The molecular formula is C22H17BrN2O5. The molecule has 4 rings (SSSR count). The van der Waals surface area contributed by atoms with Crippen molar-refractivity contribution in [3.05, 3.63) is 92.8 Å². The Morgan fingerprint density at radius 3 is 2.57 bits per heavy atom. The zero-order chi connectivity index (χ0) is 21.1. The van der Waals surface area contributed by atoms with E-state index in [0.717, 1.165) is 14.6 Å². The minimum atomic E-state index is -1.33. The average molecular weight is 469 g/mol. The number of pyridine rings is 1. The van der Waals surface area contributed by atoms with Crippen LogP contribution in [0.15, 0.2) is 76.1 Å². The summed E-state index contributed by atoms with van der Waals surface area (Å²) in [5.41, 5.74) is 0.672. The van der Waals surface area contributed by atoms with E-state index in [-0.39, 0.29) is 13.3 Å². The number of nitrogens with zero attached hydrogens (tertiary/aromatic N) is 1. The lowest BCUT2D eigenvalue weighted by molar-refractivity contribution is -0.123. The maximum Gasteiger partial charge on any atom is 0.251 e. The molecule has 7 nitrogen and oxygen atoms in total. The Kier molecular flexibility index (Phi) is 5.67. The number of ether oxygens (including phenoxy) is 2. The molecule has 1 atom stereocenters. The SMILES string of the molecule is O=C(NCc1ccc2c(c1)OCO2)C(C(=O)c1ccc(Br)cc1)n1ccccc1=O. The highest BCUT2D eigenvalue weighted by molar-refractivity contribution is 9.10. The number of nitrogens with one attached hydrogen (secondary N) is 1. The highest BCUT2D eigenvalue weighted by Gasteiger charge is 2.30. The van der Waals surface area contributed by atoms with Crippen LogP contribution in [0.1, 0.15) is 22.0 Å². The van der Waals surface area contributed by atoms with E-state index in [1.807, 2.05) is 0 Å². The standard InChI is InChI=1S/C22H17BrN2O5/c23-16-7-5-15(6-8-16)21(27)20(25-10-2-1-3-19(25)26)22(28)24-12-14-4-9-17-18(11-14)30-13-29-17/h1-11,20H,12-13H2,(H,24,28). The lowest BCUT2D eigenvalue weighted by atomic mass is 10.0. The molecule has 0 radical (unpaired) electrons. The van der Waals surface area contributed by atoms with Crippen molar-refractivity contribution in [3.8, 4) is 11.5 Å². The summed E-state index contributed by atoms with van der Waals surface area (Å²) in [6.07, 6.45) is 1.43. The number of amides is 1. The predicted octanol–water partition coefficient (Wildman–Crippen LogP) is 3.08. The number of carbonyl (C=O) groups excluding carboxylic acids is 2. The van der Waals surface area contributed by atoms with Crippen molar-refractivity contribution in [3.63, 3.8) is 0 Å². The second kappa shape index (κ2) is 8.54. The average Bonchev–Trinajstić information content (AvgIpc) is 3.22. The van der Waals surface area contributed by atoms with Gasteiger partial charge in [0.2, 0.25) is 6.79 Å². The number of ketones is 1. The maximum absolute atomic E-state index is 13.1. The van der Waals surface area contributed by atoms with Gasteiger partial charge in [0.25, 0.3) is 11.5 Å². The van der Waals surface area contributed by atoms with Crippen molar-refractivity contribution in [2.24, 2.45) is 0 Å². The van der Waals surface area contributed by atoms with Crippen molar-refractivity contribution in [1.82, 2.24) is 9.88 Å². The fraction of sp³-hybridized carbons (Fsp3) is 0.136. The van der Waals surface area contributed by atoms with Crippen molar-refractivity contribution in [2.45, 2.75) is 12.6 Å². The summed E-state index contributed by atoms with van der Waals surface area (Å²) >= 11 is 3.32. The molecule has 8 heteroatoms. The Morgan fingerprint density at radius 1 is 1.03 bits per heavy atom. The van der Waals surface area contributed by atoms with Gasteiger partial charge in [-0.15, -0.1) is 0 Å². The summed E-state index contributed by atoms with van der Waals surface area (Å²) in [7, 11) is 0. The Morgan fingerprint density at radius 2 is 1.80 bits per heavy atom. The van der Waals surface area contributed by atoms with Gasteiger partial charge in [-0.3, -0.25) is 19.0 Å². The molecule has 152 valence electrons. The summed E-state index contributed by atoms with van der Waals surface area (Å²) in [4.78, 5) is 38.5. The number of rotatable bonds is 6. The highest BCUT2D eigenvalue weighted by atomic mass is 79.9. The minimum absolute atomic E-state index is 0.159. The van der Waals surface area contributed by atoms with Crippen LogP contribution in [0.3, 0.4) is 0 Å². The van der Waals surface area contributed by atoms with Gasteiger partial charge in [-0.1, -0.05) is 40.2 Å². The molecule has 1 N–H and O–H groups in total. The molecule has 0 aliphatic carbocycles. The molecule has 1 aliphatic rings. The first-order valence-corrected chi connectivity index (χ1v) is 9.95. The van der Waals surface area contributed by atoms with E-state index in [1.165, 1.54) is 12.3 Å². The minimum Gasteiger partial charge on any atom is -0.454 e. The van der Waals surface area contributed by atoms with Crippen LogP contribution >= 0.6 is 15.9 Å². The smallest absolute Gasteiger partial charge is 0.251 e. The molecule has 0 spiro atoms. The van der Waals surface area contributed by atoms with E-state index >= 15 is 0 Å². The third-order valence-corrected chi connectivity index (χ3v) is 5.19. The van der Waals surface area contributed by atoms with Crippen LogP contribution in [0.5, 0.6) is 11.5 Å². The summed E-state index contributed by atoms with van der Waals surface area (Å²) in [6.45, 7) is 0.326. The van der Waals surface area contributed by atoms with Crippen LogP contribution in [0, 0.1) is 0 Å². The van der Waals surface area contributed by atoms with Crippen LogP contribution in [0.2, 0.25) is 0 Å². The number of halogens is 1. The van der Waals surface area contributed by atoms with E-state index in [2.05, 4.69) is 21.2 Å². The van der Waals surface area contributed by atoms with E-state index < -0.39 is 23.3 Å². The highest BCUT2D eigenvalue weighted by Crippen LogP contribution is 2.32. The quantitative estimate of drug-likeness (QED) is 0.443. The molecule has 1 amide bonds. The van der Waals surface area contributed by atoms with Gasteiger partial charge < -0.3 is 14.8 Å². The third kappa shape index (κ3) is 4.13. The molecule has 1 aliphatic heterocycles. The summed E-state index contributed by atoms with van der Waals surface area (Å²) < 4.78 is 12.6. The third-order valence-electron chi connectivity index (χ3n) is 4.66. The van der Waals surface area contributed by atoms with Gasteiger partial charge in [-0.05, 0) is 35.9 Å². The largest absolute Gasteiger partial charge is 0.454 e. The van der Waals surface area contributed by atoms with Crippen LogP contribution in [-0.4, -0.2) is 23.1 Å². The normalized spacial score (nSPS) is 13.0. The number of benzene rings is 2. The first kappa shape index (κ1) is 19.9. The van der Waals surface area contributed by atoms with Crippen molar-refractivity contribution < 1.29 is 19.1 Å². The van der Waals surface area contributed by atoms with Crippen LogP contribution in [-0.2, 0) is 11.3 Å². The van der Waals surface area contributed by atoms with Gasteiger partial charge in [0.05, 0.1) is 0 Å². The summed E-state index contributed by atoms with van der Waals surface area (Å²) in [5, 5.41) is 2.75. The molecule has 3 aromatic rings. The van der Waals surface area contributed by atoms with E-state index in [4.69, 9.17) is 9.47 Å². The van der Waals surface area contributed by atoms with Crippen LogP contribution in [0.4, 0.5) is 0 Å². The Balaban J connectivity index is 1.59. The molecular weight excluding hydrogens is 452 g/mol. The Hall–Kier alpha value is -3.39. The second-order valence-corrected chi connectivity index (χ2v) is 7.54. The first-order valence-electron chi connectivity index (χ1n) is 9.16. The predicted molar refractivity (Wildman–Crippen MR) is 113 cm³/mol. The van der Waals surface area contributed by atoms with Crippen LogP contribution in [0.25, 0.3) is 0 Å². The van der Waals surface area contributed by atoms with E-state index in [1.54, 1.807) is 54.6 Å². The zero-order valence-electron chi connectivity index (χ0n) is 15.7. The summed E-state index contributed by atoms with van der Waals surface area (Å²) in [5.74, 6) is 0.195. The first-order chi connectivity index (χ1) is 14.5. The molecule has 2 heterocycles. The molecule has 2 aromatic carbocycles. The van der Waals surface area contributed by atoms with Crippen LogP contribution < -0.4 is 20.3 Å². The van der Waals surface area contributed by atoms with Crippen molar-refractivity contribution >= 4 is 27.6 Å². The number of Topliss-reactive ketones (excluding diaryl/α,β-unsaturated/α-hetero) is 1. The topological polar surface area (TPSA) is 86.6 Å². The number of aromatic nitrogens is 1. The van der Waals surface area contributed by atoms with Gasteiger partial charge in [0, 0.05) is 28.8 Å². The fourth-order valence-electron chi connectivity index (χ4n) is 3.13. The van der Waals surface area contributed by atoms with Gasteiger partial charge >= 0.3 is 0 Å². The molecule has 1 aromatic heterocycles. The fourth-order valence-corrected chi connectivity index (χ4v) is 3.40. The van der Waals surface area contributed by atoms with E-state index in [9.17, 15) is 14.4 Å². The van der Waals surface area contributed by atoms with Crippen molar-refractivity contribution in [1.29, 1.82) is 0 Å². The lowest BCUT2D eigenvalue weighted by Crippen LogP contribution is -2.41. The van der Waals surface area contributed by atoms with Gasteiger partial charge in [0.15, 0.2) is 23.3 Å². The molecule has 1 unspecified atom stereocenters. The monoisotopic (exact) mass is 468 g/mol. The Bertz CT molecular complexity index is 1160. The number of carbonyl (C=O) groups is 2. The molecule has 0 bridgehead atoms. The molecule has 30 heavy (non-hydrogen) atoms. The lowest BCUT2D eigenvalue weighted by Gasteiger charge is -2.18. The number of hydrogen-bond acceptors (Lipinski definition) is 5. The summed E-state index contributed by atoms with van der Waals surface area (Å²) in [6, 6.07) is 15.1. The maximum atomic E-state index is 13.1. The van der Waals surface area contributed by atoms with Gasteiger partial charge in [-0.25, -0.2) is 0 Å². The van der Waals surface area contributed by atoms with Crippen molar-refractivity contribution in [2.75, 3.05) is 6.79 Å². The number of hydrogen-bond donors (Lipinski definition) is 1. The zero-order valence-corrected chi connectivity index (χ0v) is 17.3. The molecule has 0 saturated carbocycles.